The van der Waals surface area contributed by atoms with Crippen LogP contribution in [0.1, 0.15) is 54.8 Å². The fourth-order valence-electron chi connectivity index (χ4n) is 3.91. The first kappa shape index (κ1) is 19.1. The topological polar surface area (TPSA) is 99.1 Å². The molecule has 1 aliphatic rings. The van der Waals surface area contributed by atoms with Crippen LogP contribution >= 0.6 is 0 Å². The molecule has 0 spiro atoms. The number of aromatic nitrogens is 2. The standard InChI is InChI=1S/C21H27N5O/c1-13-8-9-18(27)16(10-13)21-24-19(17(12-22)20(23)25-21)14-6-4-5-7-15(11-14)26(2)3/h8-10,14-15,27H,4-7,11H2,1-3H3,(H2,23,24,25). The number of hydrogen-bond acceptors (Lipinski definition) is 6. The molecule has 0 bridgehead atoms. The number of anilines is 1. The normalized spacial score (nSPS) is 20.3. The highest BCUT2D eigenvalue weighted by molar-refractivity contribution is 5.67. The molecular formula is C21H27N5O. The number of aromatic hydroxyl groups is 1. The van der Waals surface area contributed by atoms with E-state index in [1.54, 1.807) is 6.07 Å². The molecule has 1 aromatic heterocycles. The van der Waals surface area contributed by atoms with Crippen molar-refractivity contribution in [3.05, 3.63) is 35.0 Å². The van der Waals surface area contributed by atoms with Crippen LogP contribution in [-0.4, -0.2) is 40.1 Å². The number of nitrogens with two attached hydrogens (primary N) is 1. The molecule has 1 saturated carbocycles. The van der Waals surface area contributed by atoms with Gasteiger partial charge in [0.05, 0.1) is 11.3 Å². The fourth-order valence-corrected chi connectivity index (χ4v) is 3.91. The van der Waals surface area contributed by atoms with E-state index in [0.717, 1.165) is 36.9 Å². The molecular weight excluding hydrogens is 338 g/mol. The van der Waals surface area contributed by atoms with Gasteiger partial charge < -0.3 is 15.7 Å². The van der Waals surface area contributed by atoms with Crippen LogP contribution in [0.25, 0.3) is 11.4 Å². The number of hydrogen-bond donors (Lipinski definition) is 2. The van der Waals surface area contributed by atoms with E-state index in [1.807, 2.05) is 19.1 Å². The molecule has 0 saturated heterocycles. The van der Waals surface area contributed by atoms with E-state index < -0.39 is 0 Å². The van der Waals surface area contributed by atoms with Gasteiger partial charge in [0.1, 0.15) is 23.2 Å². The zero-order valence-corrected chi connectivity index (χ0v) is 16.2. The Bertz CT molecular complexity index is 872. The Morgan fingerprint density at radius 1 is 1.22 bits per heavy atom. The third kappa shape index (κ3) is 4.04. The molecule has 2 unspecified atom stereocenters. The Balaban J connectivity index is 2.10. The lowest BCUT2D eigenvalue weighted by Gasteiger charge is -2.26. The van der Waals surface area contributed by atoms with E-state index >= 15 is 0 Å². The zero-order chi connectivity index (χ0) is 19.6. The summed E-state index contributed by atoms with van der Waals surface area (Å²) in [5.74, 6) is 0.839. The van der Waals surface area contributed by atoms with Gasteiger partial charge in [-0.2, -0.15) is 5.26 Å². The first-order chi connectivity index (χ1) is 12.9. The molecule has 3 rings (SSSR count). The van der Waals surface area contributed by atoms with Crippen LogP contribution < -0.4 is 5.73 Å². The van der Waals surface area contributed by atoms with E-state index in [-0.39, 0.29) is 17.5 Å². The van der Waals surface area contributed by atoms with Crippen LogP contribution in [0.5, 0.6) is 5.75 Å². The van der Waals surface area contributed by atoms with E-state index in [0.29, 0.717) is 23.0 Å². The number of aryl methyl sites for hydroxylation is 1. The lowest BCUT2D eigenvalue weighted by molar-refractivity contribution is 0.258. The summed E-state index contributed by atoms with van der Waals surface area (Å²) in [6.45, 7) is 1.95. The molecule has 0 radical (unpaired) electrons. The molecule has 142 valence electrons. The molecule has 6 heteroatoms. The Labute approximate surface area is 160 Å². The smallest absolute Gasteiger partial charge is 0.165 e. The maximum atomic E-state index is 10.3. The van der Waals surface area contributed by atoms with Crippen LogP contribution in [-0.2, 0) is 0 Å². The molecule has 0 aliphatic heterocycles. The van der Waals surface area contributed by atoms with Crippen molar-refractivity contribution in [2.75, 3.05) is 19.8 Å². The molecule has 2 aromatic rings. The van der Waals surface area contributed by atoms with E-state index in [2.05, 4.69) is 30.0 Å². The van der Waals surface area contributed by atoms with Gasteiger partial charge in [0.15, 0.2) is 5.82 Å². The zero-order valence-electron chi connectivity index (χ0n) is 16.2. The van der Waals surface area contributed by atoms with Crippen molar-refractivity contribution in [2.45, 2.75) is 51.0 Å². The van der Waals surface area contributed by atoms with E-state index in [9.17, 15) is 10.4 Å². The minimum atomic E-state index is 0.114. The third-order valence-corrected chi connectivity index (χ3v) is 5.48. The highest BCUT2D eigenvalue weighted by Crippen LogP contribution is 2.37. The molecule has 3 N–H and O–H groups in total. The molecule has 27 heavy (non-hydrogen) atoms. The van der Waals surface area contributed by atoms with Crippen LogP contribution in [0.15, 0.2) is 18.2 Å². The maximum absolute atomic E-state index is 10.3. The number of benzene rings is 1. The van der Waals surface area contributed by atoms with Gasteiger partial charge in [0.25, 0.3) is 0 Å². The second-order valence-electron chi connectivity index (χ2n) is 7.66. The quantitative estimate of drug-likeness (QED) is 0.807. The number of rotatable bonds is 3. The summed E-state index contributed by atoms with van der Waals surface area (Å²) in [7, 11) is 4.20. The summed E-state index contributed by atoms with van der Waals surface area (Å²) in [5.41, 5.74) is 8.77. The molecule has 0 amide bonds. The summed E-state index contributed by atoms with van der Waals surface area (Å²) in [6, 6.07) is 7.97. The first-order valence-corrected chi connectivity index (χ1v) is 9.44. The van der Waals surface area contributed by atoms with Crippen LogP contribution in [0.4, 0.5) is 5.82 Å². The van der Waals surface area contributed by atoms with Crippen molar-refractivity contribution in [1.29, 1.82) is 5.26 Å². The highest BCUT2D eigenvalue weighted by Gasteiger charge is 2.28. The van der Waals surface area contributed by atoms with Crippen LogP contribution in [0, 0.1) is 18.3 Å². The number of phenols is 1. The number of nitrogen functional groups attached to an aromatic ring is 1. The molecule has 1 fully saturated rings. The van der Waals surface area contributed by atoms with Gasteiger partial charge in [-0.1, -0.05) is 24.5 Å². The summed E-state index contributed by atoms with van der Waals surface area (Å²) in [6.07, 6.45) is 5.35. The summed E-state index contributed by atoms with van der Waals surface area (Å²) in [5, 5.41) is 19.9. The fraction of sp³-hybridized carbons (Fsp3) is 0.476. The van der Waals surface area contributed by atoms with Gasteiger partial charge >= 0.3 is 0 Å². The SMILES string of the molecule is Cc1ccc(O)c(-c2nc(N)c(C#N)c(C3CCCCC(N(C)C)C3)n2)c1. The summed E-state index contributed by atoms with van der Waals surface area (Å²) < 4.78 is 0. The molecule has 6 nitrogen and oxygen atoms in total. The lowest BCUT2D eigenvalue weighted by Crippen LogP contribution is -2.29. The van der Waals surface area contributed by atoms with Crippen molar-refractivity contribution in [2.24, 2.45) is 0 Å². The van der Waals surface area contributed by atoms with Gasteiger partial charge in [-0.15, -0.1) is 0 Å². The minimum absolute atomic E-state index is 0.114. The Hall–Kier alpha value is -2.65. The second kappa shape index (κ2) is 7.93. The van der Waals surface area contributed by atoms with E-state index in [4.69, 9.17) is 10.7 Å². The molecule has 2 atom stereocenters. The molecule has 1 aromatic carbocycles. The number of nitriles is 1. The summed E-state index contributed by atoms with van der Waals surface area (Å²) in [4.78, 5) is 11.3. The molecule has 1 aliphatic carbocycles. The first-order valence-electron chi connectivity index (χ1n) is 9.44. The van der Waals surface area contributed by atoms with Crippen molar-refractivity contribution in [3.8, 4) is 23.2 Å². The van der Waals surface area contributed by atoms with Gasteiger partial charge in [0.2, 0.25) is 0 Å². The average molecular weight is 365 g/mol. The Morgan fingerprint density at radius 2 is 1.96 bits per heavy atom. The molecule has 1 heterocycles. The average Bonchev–Trinajstić information content (AvgIpc) is 2.89. The largest absolute Gasteiger partial charge is 0.507 e. The van der Waals surface area contributed by atoms with Gasteiger partial charge in [-0.25, -0.2) is 9.97 Å². The van der Waals surface area contributed by atoms with E-state index in [1.165, 1.54) is 6.42 Å². The maximum Gasteiger partial charge on any atom is 0.165 e. The highest BCUT2D eigenvalue weighted by atomic mass is 16.3. The minimum Gasteiger partial charge on any atom is -0.507 e. The van der Waals surface area contributed by atoms with Crippen molar-refractivity contribution < 1.29 is 5.11 Å². The predicted molar refractivity (Wildman–Crippen MR) is 106 cm³/mol. The van der Waals surface area contributed by atoms with Gasteiger partial charge in [-0.05, 0) is 52.4 Å². The monoisotopic (exact) mass is 365 g/mol. The van der Waals surface area contributed by atoms with Crippen molar-refractivity contribution >= 4 is 5.82 Å². The Morgan fingerprint density at radius 3 is 2.67 bits per heavy atom. The third-order valence-electron chi connectivity index (χ3n) is 5.48. The lowest BCUT2D eigenvalue weighted by atomic mass is 9.91. The summed E-state index contributed by atoms with van der Waals surface area (Å²) >= 11 is 0. The number of phenolic OH excluding ortho intramolecular Hbond substituents is 1. The second-order valence-corrected chi connectivity index (χ2v) is 7.66. The van der Waals surface area contributed by atoms with Gasteiger partial charge in [-0.3, -0.25) is 0 Å². The number of nitrogens with zero attached hydrogens (tertiary/aromatic N) is 4. The van der Waals surface area contributed by atoms with Crippen LogP contribution in [0.3, 0.4) is 0 Å². The van der Waals surface area contributed by atoms with Crippen molar-refractivity contribution in [3.63, 3.8) is 0 Å². The predicted octanol–water partition coefficient (Wildman–Crippen LogP) is 3.59. The van der Waals surface area contributed by atoms with Crippen LogP contribution in [0.2, 0.25) is 0 Å². The van der Waals surface area contributed by atoms with Gasteiger partial charge in [0, 0.05) is 12.0 Å². The Kier molecular flexibility index (Phi) is 5.62. The van der Waals surface area contributed by atoms with Crippen molar-refractivity contribution in [1.82, 2.24) is 14.9 Å².